The number of imidazole rings is 1. The van der Waals surface area contributed by atoms with Gasteiger partial charge in [0.1, 0.15) is 11.6 Å². The fourth-order valence-corrected chi connectivity index (χ4v) is 4.40. The predicted octanol–water partition coefficient (Wildman–Crippen LogP) is 3.53. The Morgan fingerprint density at radius 2 is 1.96 bits per heavy atom. The maximum Gasteiger partial charge on any atom is 0.238 e. The highest BCUT2D eigenvalue weighted by molar-refractivity contribution is 6.10. The number of aromatic nitrogens is 2. The normalized spacial score (nSPS) is 16.9. The fourth-order valence-electron chi connectivity index (χ4n) is 4.40. The highest BCUT2D eigenvalue weighted by Crippen LogP contribution is 2.57. The lowest BCUT2D eigenvalue weighted by Gasteiger charge is -2.19. The molecular formula is C22H22FN3O2. The van der Waals surface area contributed by atoms with Crippen molar-refractivity contribution < 1.29 is 14.3 Å². The van der Waals surface area contributed by atoms with Crippen LogP contribution in [0.2, 0.25) is 0 Å². The van der Waals surface area contributed by atoms with Gasteiger partial charge in [0.25, 0.3) is 0 Å². The van der Waals surface area contributed by atoms with Crippen molar-refractivity contribution in [2.45, 2.75) is 44.2 Å². The number of unbranched alkanes of at least 4 members (excludes halogenated alkanes) is 1. The maximum atomic E-state index is 13.9. The molecule has 144 valence electrons. The molecule has 1 spiro atoms. The molecule has 1 saturated carbocycles. The number of nitrogens with zero attached hydrogens (tertiary/aromatic N) is 3. The summed E-state index contributed by atoms with van der Waals surface area (Å²) in [6.45, 7) is 1.20. The van der Waals surface area contributed by atoms with Crippen LogP contribution in [0.5, 0.6) is 0 Å². The van der Waals surface area contributed by atoms with E-state index in [0.29, 0.717) is 18.7 Å². The minimum absolute atomic E-state index is 0.0575. The van der Waals surface area contributed by atoms with Gasteiger partial charge in [-0.05, 0) is 55.5 Å². The minimum Gasteiger partial charge on any atom is -0.396 e. The van der Waals surface area contributed by atoms with Crippen LogP contribution in [0.1, 0.15) is 37.1 Å². The lowest BCUT2D eigenvalue weighted by Crippen LogP contribution is -2.32. The van der Waals surface area contributed by atoms with Gasteiger partial charge in [-0.3, -0.25) is 4.79 Å². The zero-order chi connectivity index (χ0) is 19.3. The maximum absolute atomic E-state index is 13.9. The number of fused-ring (bicyclic) bond motifs is 3. The summed E-state index contributed by atoms with van der Waals surface area (Å²) >= 11 is 0. The first kappa shape index (κ1) is 17.4. The Hall–Kier alpha value is -2.73. The number of amides is 1. The van der Waals surface area contributed by atoms with E-state index in [0.717, 1.165) is 48.2 Å². The van der Waals surface area contributed by atoms with Crippen LogP contribution in [-0.2, 0) is 23.3 Å². The summed E-state index contributed by atoms with van der Waals surface area (Å²) in [7, 11) is 0. The van der Waals surface area contributed by atoms with Crippen molar-refractivity contribution in [3.05, 3.63) is 59.7 Å². The molecule has 6 heteroatoms. The van der Waals surface area contributed by atoms with Crippen molar-refractivity contribution in [3.8, 4) is 0 Å². The molecule has 5 rings (SSSR count). The summed E-state index contributed by atoms with van der Waals surface area (Å²) in [6, 6.07) is 12.6. The molecule has 28 heavy (non-hydrogen) atoms. The summed E-state index contributed by atoms with van der Waals surface area (Å²) in [4.78, 5) is 19.7. The van der Waals surface area contributed by atoms with Crippen molar-refractivity contribution in [1.82, 2.24) is 9.55 Å². The molecule has 1 aromatic heterocycles. The molecule has 0 unspecified atom stereocenters. The third-order valence-corrected chi connectivity index (χ3v) is 5.99. The molecule has 2 heterocycles. The van der Waals surface area contributed by atoms with Gasteiger partial charge >= 0.3 is 0 Å². The monoisotopic (exact) mass is 379 g/mol. The van der Waals surface area contributed by atoms with Gasteiger partial charge in [-0.1, -0.05) is 18.2 Å². The molecule has 2 aromatic carbocycles. The Kier molecular flexibility index (Phi) is 3.98. The Morgan fingerprint density at radius 3 is 2.75 bits per heavy atom. The lowest BCUT2D eigenvalue weighted by atomic mass is 9.98. The highest BCUT2D eigenvalue weighted by Gasteiger charge is 2.59. The molecule has 1 N–H and O–H groups in total. The average molecular weight is 379 g/mol. The number of para-hydroxylation sites is 2. The molecule has 0 saturated heterocycles. The molecule has 3 aromatic rings. The van der Waals surface area contributed by atoms with E-state index in [1.54, 1.807) is 11.0 Å². The molecule has 5 nitrogen and oxygen atoms in total. The van der Waals surface area contributed by atoms with Crippen LogP contribution in [0.15, 0.2) is 42.5 Å². The van der Waals surface area contributed by atoms with E-state index in [-0.39, 0.29) is 18.3 Å². The molecule has 1 aliphatic carbocycles. The molecule has 2 aliphatic rings. The van der Waals surface area contributed by atoms with Crippen LogP contribution in [0.3, 0.4) is 0 Å². The van der Waals surface area contributed by atoms with Crippen molar-refractivity contribution >= 4 is 22.6 Å². The van der Waals surface area contributed by atoms with Crippen molar-refractivity contribution in [3.63, 3.8) is 0 Å². The number of halogens is 1. The third kappa shape index (κ3) is 2.55. The Labute approximate surface area is 162 Å². The number of carbonyl (C=O) groups is 1. The van der Waals surface area contributed by atoms with Crippen molar-refractivity contribution in [1.29, 1.82) is 0 Å². The van der Waals surface area contributed by atoms with Crippen LogP contribution in [0.25, 0.3) is 11.0 Å². The Balaban J connectivity index is 1.55. The number of anilines is 1. The molecule has 0 bridgehead atoms. The summed E-state index contributed by atoms with van der Waals surface area (Å²) in [5, 5.41) is 9.13. The minimum atomic E-state index is -0.448. The number of benzene rings is 2. The molecule has 1 amide bonds. The van der Waals surface area contributed by atoms with Crippen LogP contribution in [0.4, 0.5) is 10.1 Å². The van der Waals surface area contributed by atoms with Crippen molar-refractivity contribution in [2.24, 2.45) is 0 Å². The Bertz CT molecular complexity index is 1070. The molecule has 1 aliphatic heterocycles. The van der Waals surface area contributed by atoms with Crippen LogP contribution in [0, 0.1) is 5.82 Å². The molecule has 0 radical (unpaired) electrons. The largest absolute Gasteiger partial charge is 0.396 e. The molecular weight excluding hydrogens is 357 g/mol. The number of hydrogen-bond acceptors (Lipinski definition) is 3. The first-order valence-electron chi connectivity index (χ1n) is 9.81. The van der Waals surface area contributed by atoms with E-state index in [1.165, 1.54) is 12.1 Å². The van der Waals surface area contributed by atoms with Gasteiger partial charge in [-0.2, -0.15) is 0 Å². The second-order valence-corrected chi connectivity index (χ2v) is 7.73. The topological polar surface area (TPSA) is 58.4 Å². The van der Waals surface area contributed by atoms with E-state index >= 15 is 0 Å². The van der Waals surface area contributed by atoms with E-state index < -0.39 is 5.41 Å². The number of aliphatic hydroxyl groups is 1. The Morgan fingerprint density at radius 1 is 1.14 bits per heavy atom. The van der Waals surface area contributed by atoms with Gasteiger partial charge in [0, 0.05) is 13.2 Å². The van der Waals surface area contributed by atoms with Gasteiger partial charge in [0.15, 0.2) is 0 Å². The number of aryl methyl sites for hydroxylation is 1. The zero-order valence-corrected chi connectivity index (χ0v) is 15.6. The fraction of sp³-hybridized carbons (Fsp3) is 0.364. The number of rotatable bonds is 6. The van der Waals surface area contributed by atoms with Crippen LogP contribution >= 0.6 is 0 Å². The van der Waals surface area contributed by atoms with Crippen LogP contribution < -0.4 is 4.90 Å². The summed E-state index contributed by atoms with van der Waals surface area (Å²) in [6.07, 6.45) is 3.19. The SMILES string of the molecule is O=C1N(Cc2nc3ccccc3n2CCCCO)c2cc(F)ccc2C12CC2. The highest BCUT2D eigenvalue weighted by atomic mass is 19.1. The van der Waals surface area contributed by atoms with E-state index in [2.05, 4.69) is 4.57 Å². The van der Waals surface area contributed by atoms with E-state index in [1.807, 2.05) is 24.3 Å². The van der Waals surface area contributed by atoms with E-state index in [9.17, 15) is 9.18 Å². The lowest BCUT2D eigenvalue weighted by molar-refractivity contribution is -0.120. The predicted molar refractivity (Wildman–Crippen MR) is 105 cm³/mol. The van der Waals surface area contributed by atoms with Crippen LogP contribution in [-0.4, -0.2) is 27.2 Å². The van der Waals surface area contributed by atoms with Gasteiger partial charge in [-0.25, -0.2) is 9.37 Å². The van der Waals surface area contributed by atoms with Gasteiger partial charge in [0.05, 0.1) is 28.7 Å². The standard InChI is InChI=1S/C22H22FN3O2/c23-15-7-8-16-19(13-15)26(21(28)22(16)9-10-22)14-20-24-17-5-1-2-6-18(17)25(20)11-3-4-12-27/h1-2,5-8,13,27H,3-4,9-12,14H2. The number of hydrogen-bond donors (Lipinski definition) is 1. The average Bonchev–Trinajstić information content (AvgIpc) is 3.38. The quantitative estimate of drug-likeness (QED) is 0.667. The first-order valence-corrected chi connectivity index (χ1v) is 9.81. The van der Waals surface area contributed by atoms with E-state index in [4.69, 9.17) is 10.1 Å². The second-order valence-electron chi connectivity index (χ2n) is 7.73. The van der Waals surface area contributed by atoms with Gasteiger partial charge in [0.2, 0.25) is 5.91 Å². The smallest absolute Gasteiger partial charge is 0.238 e. The number of aliphatic hydroxyl groups excluding tert-OH is 1. The molecule has 0 atom stereocenters. The summed E-state index contributed by atoms with van der Waals surface area (Å²) in [5.74, 6) is 0.521. The molecule has 1 fully saturated rings. The third-order valence-electron chi connectivity index (χ3n) is 5.99. The van der Waals surface area contributed by atoms with Gasteiger partial charge < -0.3 is 14.6 Å². The number of carbonyl (C=O) groups excluding carboxylic acids is 1. The van der Waals surface area contributed by atoms with Gasteiger partial charge in [-0.15, -0.1) is 0 Å². The zero-order valence-electron chi connectivity index (χ0n) is 15.6. The summed E-state index contributed by atoms with van der Waals surface area (Å²) < 4.78 is 16.1. The summed E-state index contributed by atoms with van der Waals surface area (Å²) in [5.41, 5.74) is 3.08. The van der Waals surface area contributed by atoms with Crippen molar-refractivity contribution in [2.75, 3.05) is 11.5 Å². The first-order chi connectivity index (χ1) is 13.6. The second kappa shape index (κ2) is 6.41.